The lowest BCUT2D eigenvalue weighted by Crippen LogP contribution is -2.10. The Morgan fingerprint density at radius 1 is 1.50 bits per heavy atom. The summed E-state index contributed by atoms with van der Waals surface area (Å²) in [5.74, 6) is 0.480. The summed E-state index contributed by atoms with van der Waals surface area (Å²) in [5.41, 5.74) is 1.50. The van der Waals surface area contributed by atoms with Gasteiger partial charge in [0.1, 0.15) is 5.82 Å². The first-order chi connectivity index (χ1) is 7.74. The predicted octanol–water partition coefficient (Wildman–Crippen LogP) is 1.92. The Hall–Kier alpha value is -1.91. The van der Waals surface area contributed by atoms with Gasteiger partial charge in [-0.1, -0.05) is 6.42 Å². The molecule has 0 aromatic carbocycles. The maximum absolute atomic E-state index is 10.8. The molecular formula is C11H11N3O2. The molecule has 0 spiro atoms. The molecule has 2 aromatic heterocycles. The topological polar surface area (TPSA) is 78.9 Å². The summed E-state index contributed by atoms with van der Waals surface area (Å²) in [6, 6.07) is 1.58. The summed E-state index contributed by atoms with van der Waals surface area (Å²) >= 11 is 0. The lowest BCUT2D eigenvalue weighted by Gasteiger charge is -2.22. The molecule has 0 bridgehead atoms. The fourth-order valence-corrected chi connectivity index (χ4v) is 1.91. The van der Waals surface area contributed by atoms with E-state index in [-0.39, 0.29) is 5.56 Å². The molecule has 5 nitrogen and oxygen atoms in total. The number of imidazole rings is 1. The van der Waals surface area contributed by atoms with Crippen LogP contribution in [-0.4, -0.2) is 26.0 Å². The Labute approximate surface area is 91.5 Å². The number of nitrogens with one attached hydrogen (secondary N) is 1. The van der Waals surface area contributed by atoms with Crippen LogP contribution < -0.4 is 0 Å². The van der Waals surface area contributed by atoms with E-state index >= 15 is 0 Å². The molecule has 1 saturated carbocycles. The van der Waals surface area contributed by atoms with Crippen LogP contribution in [0.3, 0.4) is 0 Å². The minimum Gasteiger partial charge on any atom is -0.478 e. The predicted molar refractivity (Wildman–Crippen MR) is 57.4 cm³/mol. The first kappa shape index (κ1) is 9.33. The number of aromatic nitrogens is 3. The van der Waals surface area contributed by atoms with Gasteiger partial charge in [0, 0.05) is 12.1 Å². The molecular weight excluding hydrogens is 206 g/mol. The lowest BCUT2D eigenvalue weighted by molar-refractivity contribution is 0.0696. The number of nitrogens with zero attached hydrogens (tertiary/aromatic N) is 2. The number of rotatable bonds is 2. The van der Waals surface area contributed by atoms with Crippen molar-refractivity contribution in [3.63, 3.8) is 0 Å². The molecule has 0 atom stereocenters. The van der Waals surface area contributed by atoms with E-state index in [0.29, 0.717) is 17.1 Å². The van der Waals surface area contributed by atoms with Crippen LogP contribution in [-0.2, 0) is 0 Å². The molecule has 0 aliphatic heterocycles. The maximum Gasteiger partial charge on any atom is 0.337 e. The van der Waals surface area contributed by atoms with Gasteiger partial charge in [0.05, 0.1) is 11.1 Å². The van der Waals surface area contributed by atoms with E-state index in [1.165, 1.54) is 12.6 Å². The SMILES string of the molecule is O=C(O)c1cnc2nc(C3CCC3)[nH]c2c1. The third-order valence-corrected chi connectivity index (χ3v) is 3.09. The molecule has 0 amide bonds. The number of hydrogen-bond acceptors (Lipinski definition) is 3. The number of fused-ring (bicyclic) bond motifs is 1. The Morgan fingerprint density at radius 2 is 2.31 bits per heavy atom. The van der Waals surface area contributed by atoms with Crippen molar-refractivity contribution >= 4 is 17.1 Å². The standard InChI is InChI=1S/C11H11N3O2/c15-11(16)7-4-8-10(12-5-7)14-9(13-8)6-2-1-3-6/h4-6H,1-3H2,(H,15,16)(H,12,13,14). The molecule has 2 aromatic rings. The van der Waals surface area contributed by atoms with Crippen LogP contribution >= 0.6 is 0 Å². The summed E-state index contributed by atoms with van der Waals surface area (Å²) in [6.45, 7) is 0. The average Bonchev–Trinajstić information content (AvgIpc) is 2.56. The highest BCUT2D eigenvalue weighted by Crippen LogP contribution is 2.35. The molecule has 0 radical (unpaired) electrons. The molecule has 2 heterocycles. The molecule has 2 N–H and O–H groups in total. The van der Waals surface area contributed by atoms with Gasteiger partial charge in [0.25, 0.3) is 0 Å². The molecule has 1 aliphatic rings. The number of hydrogen-bond donors (Lipinski definition) is 2. The highest BCUT2D eigenvalue weighted by atomic mass is 16.4. The minimum atomic E-state index is -0.964. The first-order valence-electron chi connectivity index (χ1n) is 5.33. The second kappa shape index (κ2) is 3.30. The monoisotopic (exact) mass is 217 g/mol. The average molecular weight is 217 g/mol. The fraction of sp³-hybridized carbons (Fsp3) is 0.364. The third kappa shape index (κ3) is 1.36. The van der Waals surface area contributed by atoms with E-state index in [1.54, 1.807) is 6.07 Å². The summed E-state index contributed by atoms with van der Waals surface area (Å²) < 4.78 is 0. The van der Waals surface area contributed by atoms with Gasteiger partial charge < -0.3 is 10.1 Å². The fourth-order valence-electron chi connectivity index (χ4n) is 1.91. The van der Waals surface area contributed by atoms with Crippen molar-refractivity contribution in [3.8, 4) is 0 Å². The molecule has 5 heteroatoms. The van der Waals surface area contributed by atoms with Crippen LogP contribution in [0.1, 0.15) is 41.4 Å². The van der Waals surface area contributed by atoms with Crippen molar-refractivity contribution < 1.29 is 9.90 Å². The lowest BCUT2D eigenvalue weighted by atomic mass is 9.85. The molecule has 0 saturated heterocycles. The quantitative estimate of drug-likeness (QED) is 0.805. The number of aromatic carboxylic acids is 1. The van der Waals surface area contributed by atoms with Crippen LogP contribution in [0.5, 0.6) is 0 Å². The van der Waals surface area contributed by atoms with Crippen LogP contribution in [0.15, 0.2) is 12.3 Å². The van der Waals surface area contributed by atoms with Crippen LogP contribution in [0.25, 0.3) is 11.2 Å². The zero-order valence-electron chi connectivity index (χ0n) is 8.60. The number of carboxylic acid groups (broad SMARTS) is 1. The van der Waals surface area contributed by atoms with Crippen molar-refractivity contribution in [2.24, 2.45) is 0 Å². The van der Waals surface area contributed by atoms with E-state index in [4.69, 9.17) is 5.11 Å². The second-order valence-corrected chi connectivity index (χ2v) is 4.15. The van der Waals surface area contributed by atoms with Crippen LogP contribution in [0.2, 0.25) is 0 Å². The van der Waals surface area contributed by atoms with Gasteiger partial charge >= 0.3 is 5.97 Å². The van der Waals surface area contributed by atoms with Crippen LogP contribution in [0.4, 0.5) is 0 Å². The summed E-state index contributed by atoms with van der Waals surface area (Å²) in [5, 5.41) is 8.84. The number of H-pyrrole nitrogens is 1. The van der Waals surface area contributed by atoms with E-state index in [1.807, 2.05) is 0 Å². The van der Waals surface area contributed by atoms with Gasteiger partial charge in [-0.05, 0) is 18.9 Å². The Bertz CT molecular complexity index is 557. The minimum absolute atomic E-state index is 0.191. The highest BCUT2D eigenvalue weighted by Gasteiger charge is 2.23. The van der Waals surface area contributed by atoms with E-state index in [2.05, 4.69) is 15.0 Å². The summed E-state index contributed by atoms with van der Waals surface area (Å²) in [6.07, 6.45) is 4.91. The zero-order chi connectivity index (χ0) is 11.1. The van der Waals surface area contributed by atoms with Crippen LogP contribution in [0, 0.1) is 0 Å². The molecule has 0 unspecified atom stereocenters. The van der Waals surface area contributed by atoms with Gasteiger partial charge in [0.15, 0.2) is 5.65 Å². The largest absolute Gasteiger partial charge is 0.478 e. The zero-order valence-corrected chi connectivity index (χ0v) is 8.60. The molecule has 82 valence electrons. The molecule has 3 rings (SSSR count). The van der Waals surface area contributed by atoms with Crippen molar-refractivity contribution in [1.82, 2.24) is 15.0 Å². The Morgan fingerprint density at radius 3 is 2.94 bits per heavy atom. The number of pyridine rings is 1. The van der Waals surface area contributed by atoms with Gasteiger partial charge in [-0.25, -0.2) is 14.8 Å². The van der Waals surface area contributed by atoms with Gasteiger partial charge in [-0.15, -0.1) is 0 Å². The molecule has 1 aliphatic carbocycles. The number of aromatic amines is 1. The van der Waals surface area contributed by atoms with Crippen molar-refractivity contribution in [3.05, 3.63) is 23.7 Å². The Kier molecular flexibility index (Phi) is 1.92. The highest BCUT2D eigenvalue weighted by molar-refractivity contribution is 5.90. The smallest absolute Gasteiger partial charge is 0.337 e. The Balaban J connectivity index is 2.06. The third-order valence-electron chi connectivity index (χ3n) is 3.09. The van der Waals surface area contributed by atoms with Gasteiger partial charge in [-0.2, -0.15) is 0 Å². The van der Waals surface area contributed by atoms with Gasteiger partial charge in [-0.3, -0.25) is 0 Å². The first-order valence-corrected chi connectivity index (χ1v) is 5.33. The number of carboxylic acids is 1. The molecule has 1 fully saturated rings. The van der Waals surface area contributed by atoms with Crippen molar-refractivity contribution in [2.75, 3.05) is 0 Å². The number of carbonyl (C=O) groups is 1. The van der Waals surface area contributed by atoms with Gasteiger partial charge in [0.2, 0.25) is 0 Å². The normalized spacial score (nSPS) is 16.2. The van der Waals surface area contributed by atoms with Crippen molar-refractivity contribution in [2.45, 2.75) is 25.2 Å². The summed E-state index contributed by atoms with van der Waals surface area (Å²) in [7, 11) is 0. The second-order valence-electron chi connectivity index (χ2n) is 4.15. The van der Waals surface area contributed by atoms with E-state index in [9.17, 15) is 4.79 Å². The molecule has 16 heavy (non-hydrogen) atoms. The van der Waals surface area contributed by atoms with E-state index < -0.39 is 5.97 Å². The van der Waals surface area contributed by atoms with Crippen molar-refractivity contribution in [1.29, 1.82) is 0 Å². The van der Waals surface area contributed by atoms with E-state index in [0.717, 1.165) is 18.7 Å². The summed E-state index contributed by atoms with van der Waals surface area (Å²) in [4.78, 5) is 22.4. The maximum atomic E-state index is 10.8.